The molecule has 1 N–H and O–H groups in total. The average Bonchev–Trinajstić information content (AvgIpc) is 2.76. The standard InChI is InChI=1S/C13H15ClIN3/c1-3-16-13(12-6-7-18(2)17-12)9-4-5-11(15)10(14)8-9/h4-8,13,16H,3H2,1-2H3. The highest BCUT2D eigenvalue weighted by atomic mass is 127. The van der Waals surface area contributed by atoms with Gasteiger partial charge in [-0.15, -0.1) is 0 Å². The molecule has 5 heteroatoms. The minimum Gasteiger partial charge on any atom is -0.305 e. The third-order valence-electron chi connectivity index (χ3n) is 2.72. The number of aromatic nitrogens is 2. The molecule has 96 valence electrons. The first kappa shape index (κ1) is 13.8. The van der Waals surface area contributed by atoms with E-state index in [9.17, 15) is 0 Å². The molecule has 1 aromatic carbocycles. The van der Waals surface area contributed by atoms with E-state index in [1.165, 1.54) is 0 Å². The highest BCUT2D eigenvalue weighted by Gasteiger charge is 2.16. The summed E-state index contributed by atoms with van der Waals surface area (Å²) in [5.41, 5.74) is 2.15. The number of halogens is 2. The van der Waals surface area contributed by atoms with Gasteiger partial charge in [-0.05, 0) is 52.9 Å². The predicted molar refractivity (Wildman–Crippen MR) is 82.9 cm³/mol. The second-order valence-corrected chi connectivity index (χ2v) is 5.65. The molecule has 3 nitrogen and oxygen atoms in total. The second-order valence-electron chi connectivity index (χ2n) is 4.08. The fourth-order valence-electron chi connectivity index (χ4n) is 1.88. The van der Waals surface area contributed by atoms with E-state index < -0.39 is 0 Å². The Hall–Kier alpha value is -0.590. The monoisotopic (exact) mass is 375 g/mol. The molecular weight excluding hydrogens is 361 g/mol. The molecule has 1 aromatic heterocycles. The van der Waals surface area contributed by atoms with Crippen molar-refractivity contribution in [2.24, 2.45) is 7.05 Å². The van der Waals surface area contributed by atoms with Crippen LogP contribution in [0.5, 0.6) is 0 Å². The molecule has 0 spiro atoms. The quantitative estimate of drug-likeness (QED) is 0.830. The van der Waals surface area contributed by atoms with Crippen LogP contribution in [-0.2, 0) is 7.05 Å². The summed E-state index contributed by atoms with van der Waals surface area (Å²) in [5, 5.41) is 8.69. The summed E-state index contributed by atoms with van der Waals surface area (Å²) in [4.78, 5) is 0. The summed E-state index contributed by atoms with van der Waals surface area (Å²) in [5.74, 6) is 0. The Labute approximate surface area is 126 Å². The summed E-state index contributed by atoms with van der Waals surface area (Å²) in [7, 11) is 1.92. The summed E-state index contributed by atoms with van der Waals surface area (Å²) < 4.78 is 2.88. The molecule has 1 heterocycles. The maximum absolute atomic E-state index is 6.19. The number of benzene rings is 1. The van der Waals surface area contributed by atoms with Gasteiger partial charge in [0, 0.05) is 16.8 Å². The van der Waals surface area contributed by atoms with Gasteiger partial charge in [0.1, 0.15) is 0 Å². The fraction of sp³-hybridized carbons (Fsp3) is 0.308. The van der Waals surface area contributed by atoms with Crippen molar-refractivity contribution in [2.75, 3.05) is 6.54 Å². The number of rotatable bonds is 4. The normalized spacial score (nSPS) is 12.7. The van der Waals surface area contributed by atoms with Crippen LogP contribution in [0.3, 0.4) is 0 Å². The van der Waals surface area contributed by atoms with Gasteiger partial charge in [0.15, 0.2) is 0 Å². The second kappa shape index (κ2) is 6.04. The van der Waals surface area contributed by atoms with Crippen LogP contribution >= 0.6 is 34.2 Å². The smallest absolute Gasteiger partial charge is 0.0839 e. The van der Waals surface area contributed by atoms with Gasteiger partial charge in [0.2, 0.25) is 0 Å². The minimum absolute atomic E-state index is 0.0886. The van der Waals surface area contributed by atoms with Crippen LogP contribution in [0.4, 0.5) is 0 Å². The van der Waals surface area contributed by atoms with Gasteiger partial charge in [0.25, 0.3) is 0 Å². The lowest BCUT2D eigenvalue weighted by atomic mass is 10.0. The molecule has 1 atom stereocenters. The Morgan fingerprint density at radius 3 is 2.78 bits per heavy atom. The molecule has 0 bridgehead atoms. The molecule has 0 aliphatic carbocycles. The molecular formula is C13H15ClIN3. The molecule has 0 fully saturated rings. The van der Waals surface area contributed by atoms with Gasteiger partial charge in [-0.1, -0.05) is 24.6 Å². The zero-order chi connectivity index (χ0) is 13.1. The van der Waals surface area contributed by atoms with Crippen molar-refractivity contribution in [2.45, 2.75) is 13.0 Å². The summed E-state index contributed by atoms with van der Waals surface area (Å²) in [6.45, 7) is 2.97. The molecule has 0 saturated heterocycles. The predicted octanol–water partition coefficient (Wildman–Crippen LogP) is 3.38. The van der Waals surface area contributed by atoms with Crippen molar-refractivity contribution in [3.05, 3.63) is 50.3 Å². The van der Waals surface area contributed by atoms with Crippen molar-refractivity contribution in [3.8, 4) is 0 Å². The van der Waals surface area contributed by atoms with Crippen LogP contribution in [0.1, 0.15) is 24.2 Å². The first-order chi connectivity index (χ1) is 8.61. The zero-order valence-corrected chi connectivity index (χ0v) is 13.2. The lowest BCUT2D eigenvalue weighted by Crippen LogP contribution is -2.22. The van der Waals surface area contributed by atoms with Crippen LogP contribution in [-0.4, -0.2) is 16.3 Å². The Morgan fingerprint density at radius 1 is 1.44 bits per heavy atom. The van der Waals surface area contributed by atoms with Gasteiger partial charge in [-0.2, -0.15) is 5.10 Å². The number of hydrogen-bond donors (Lipinski definition) is 1. The van der Waals surface area contributed by atoms with E-state index >= 15 is 0 Å². The molecule has 0 radical (unpaired) electrons. The van der Waals surface area contributed by atoms with Gasteiger partial charge in [-0.25, -0.2) is 0 Å². The van der Waals surface area contributed by atoms with Crippen molar-refractivity contribution < 1.29 is 0 Å². The molecule has 1 unspecified atom stereocenters. The third kappa shape index (κ3) is 3.05. The van der Waals surface area contributed by atoms with Gasteiger partial charge < -0.3 is 5.32 Å². The van der Waals surface area contributed by atoms with Crippen molar-refractivity contribution in [3.63, 3.8) is 0 Å². The molecule has 2 rings (SSSR count). The topological polar surface area (TPSA) is 29.9 Å². The molecule has 0 amide bonds. The van der Waals surface area contributed by atoms with E-state index in [-0.39, 0.29) is 6.04 Å². The number of hydrogen-bond acceptors (Lipinski definition) is 2. The Kier molecular flexibility index (Phi) is 4.64. The maximum atomic E-state index is 6.19. The molecule has 0 aliphatic heterocycles. The van der Waals surface area contributed by atoms with Crippen LogP contribution in [0.25, 0.3) is 0 Å². The largest absolute Gasteiger partial charge is 0.305 e. The summed E-state index contributed by atoms with van der Waals surface area (Å²) in [6.07, 6.45) is 1.95. The summed E-state index contributed by atoms with van der Waals surface area (Å²) >= 11 is 8.42. The van der Waals surface area contributed by atoms with Crippen LogP contribution < -0.4 is 5.32 Å². The Balaban J connectivity index is 2.37. The van der Waals surface area contributed by atoms with Crippen LogP contribution in [0.2, 0.25) is 5.02 Å². The highest BCUT2D eigenvalue weighted by Crippen LogP contribution is 2.26. The van der Waals surface area contributed by atoms with Gasteiger partial charge >= 0.3 is 0 Å². The maximum Gasteiger partial charge on any atom is 0.0839 e. The minimum atomic E-state index is 0.0886. The zero-order valence-electron chi connectivity index (χ0n) is 10.3. The number of nitrogens with zero attached hydrogens (tertiary/aromatic N) is 2. The van der Waals surface area contributed by atoms with Crippen LogP contribution in [0, 0.1) is 3.57 Å². The van der Waals surface area contributed by atoms with Crippen molar-refractivity contribution in [1.82, 2.24) is 15.1 Å². The first-order valence-electron chi connectivity index (χ1n) is 5.79. The average molecular weight is 376 g/mol. The van der Waals surface area contributed by atoms with E-state index in [1.807, 2.05) is 36.1 Å². The molecule has 0 saturated carbocycles. The first-order valence-corrected chi connectivity index (χ1v) is 7.25. The summed E-state index contributed by atoms with van der Waals surface area (Å²) in [6, 6.07) is 8.25. The van der Waals surface area contributed by atoms with E-state index in [2.05, 4.69) is 46.0 Å². The Bertz CT molecular complexity index is 539. The number of nitrogens with one attached hydrogen (secondary N) is 1. The van der Waals surface area contributed by atoms with E-state index in [1.54, 1.807) is 0 Å². The Morgan fingerprint density at radius 2 is 2.22 bits per heavy atom. The third-order valence-corrected chi connectivity index (χ3v) is 4.29. The van der Waals surface area contributed by atoms with Crippen molar-refractivity contribution >= 4 is 34.2 Å². The van der Waals surface area contributed by atoms with Crippen molar-refractivity contribution in [1.29, 1.82) is 0 Å². The van der Waals surface area contributed by atoms with E-state index in [0.29, 0.717) is 0 Å². The van der Waals surface area contributed by atoms with E-state index in [4.69, 9.17) is 11.6 Å². The lowest BCUT2D eigenvalue weighted by molar-refractivity contribution is 0.600. The van der Waals surface area contributed by atoms with Gasteiger partial charge in [-0.3, -0.25) is 4.68 Å². The van der Waals surface area contributed by atoms with E-state index in [0.717, 1.165) is 26.4 Å². The van der Waals surface area contributed by atoms with Crippen LogP contribution in [0.15, 0.2) is 30.5 Å². The molecule has 2 aromatic rings. The number of aryl methyl sites for hydroxylation is 1. The SMILES string of the molecule is CCNC(c1ccc(I)c(Cl)c1)c1ccn(C)n1. The molecule has 18 heavy (non-hydrogen) atoms. The fourth-order valence-corrected chi connectivity index (χ4v) is 2.40. The lowest BCUT2D eigenvalue weighted by Gasteiger charge is -2.16. The molecule has 0 aliphatic rings. The van der Waals surface area contributed by atoms with Gasteiger partial charge in [0.05, 0.1) is 16.8 Å². The highest BCUT2D eigenvalue weighted by molar-refractivity contribution is 14.1.